The topological polar surface area (TPSA) is 71.2 Å². The maximum atomic E-state index is 13.3. The highest BCUT2D eigenvalue weighted by atomic mass is 35.5. The first-order valence-electron chi connectivity index (χ1n) is 10.5. The number of halogens is 2. The Hall–Kier alpha value is -2.93. The first-order valence-corrected chi connectivity index (χ1v) is 10.8. The number of hydrogen-bond acceptors (Lipinski definition) is 3. The van der Waals surface area contributed by atoms with Crippen LogP contribution < -0.4 is 0 Å². The number of rotatable bonds is 2. The van der Waals surface area contributed by atoms with Crippen LogP contribution in [-0.2, 0) is 13.1 Å². The van der Waals surface area contributed by atoms with Crippen LogP contribution in [0.1, 0.15) is 60.3 Å². The lowest BCUT2D eigenvalue weighted by Gasteiger charge is -2.28. The van der Waals surface area contributed by atoms with Gasteiger partial charge < -0.3 is 5.11 Å². The Balaban J connectivity index is 1.45. The normalized spacial score (nSPS) is 20.6. The zero-order valence-electron chi connectivity index (χ0n) is 16.8. The van der Waals surface area contributed by atoms with E-state index in [1.807, 2.05) is 34.9 Å². The van der Waals surface area contributed by atoms with Gasteiger partial charge >= 0.3 is 6.09 Å². The van der Waals surface area contributed by atoms with Crippen LogP contribution in [0.5, 0.6) is 0 Å². The molecule has 2 aromatic carbocycles. The summed E-state index contributed by atoms with van der Waals surface area (Å²) in [5.41, 5.74) is 2.91. The Kier molecular flexibility index (Phi) is 5.14. The third kappa shape index (κ3) is 3.78. The average molecular weight is 441 g/mol. The molecule has 0 atom stereocenters. The van der Waals surface area contributed by atoms with E-state index in [1.54, 1.807) is 0 Å². The standard InChI is InChI=1S/C23H22ClFN4O2/c24-18-7-10-20-17(11-18)12-28(23(30)31)13-21-26-27-22(29(20)21)16-3-1-14(2-4-16)15-5-8-19(25)9-6-15/h5-11,14,16H,1-4,12-13H2,(H,30,31)/t14-,16-. The van der Waals surface area contributed by atoms with E-state index in [9.17, 15) is 14.3 Å². The second-order valence-electron chi connectivity index (χ2n) is 8.32. The molecule has 31 heavy (non-hydrogen) atoms. The lowest BCUT2D eigenvalue weighted by atomic mass is 9.78. The van der Waals surface area contributed by atoms with Crippen molar-refractivity contribution in [1.29, 1.82) is 0 Å². The molecule has 2 heterocycles. The van der Waals surface area contributed by atoms with Crippen LogP contribution >= 0.6 is 11.6 Å². The Morgan fingerprint density at radius 2 is 1.71 bits per heavy atom. The highest BCUT2D eigenvalue weighted by molar-refractivity contribution is 6.30. The van der Waals surface area contributed by atoms with Crippen molar-refractivity contribution in [3.63, 3.8) is 0 Å². The zero-order chi connectivity index (χ0) is 21.5. The maximum absolute atomic E-state index is 13.3. The SMILES string of the molecule is O=C(O)N1Cc2cc(Cl)ccc2-n2c(nnc2[C@H]2CC[C@H](c3ccc(F)cc3)CC2)C1. The molecule has 0 spiro atoms. The van der Waals surface area contributed by atoms with Gasteiger partial charge in [0.1, 0.15) is 11.6 Å². The molecule has 0 bridgehead atoms. The van der Waals surface area contributed by atoms with Crippen LogP contribution in [0.4, 0.5) is 9.18 Å². The maximum Gasteiger partial charge on any atom is 0.408 e. The van der Waals surface area contributed by atoms with E-state index >= 15 is 0 Å². The van der Waals surface area contributed by atoms with Crippen LogP contribution in [-0.4, -0.2) is 30.9 Å². The van der Waals surface area contributed by atoms with Gasteiger partial charge in [-0.05, 0) is 73.1 Å². The molecular weight excluding hydrogens is 419 g/mol. The monoisotopic (exact) mass is 440 g/mol. The Labute approximate surface area is 184 Å². The van der Waals surface area contributed by atoms with E-state index < -0.39 is 6.09 Å². The molecule has 1 saturated carbocycles. The summed E-state index contributed by atoms with van der Waals surface area (Å²) in [6.45, 7) is 0.435. The second-order valence-corrected chi connectivity index (χ2v) is 8.76. The molecule has 1 aromatic heterocycles. The molecule has 0 unspecified atom stereocenters. The van der Waals surface area contributed by atoms with Crippen molar-refractivity contribution in [2.45, 2.75) is 50.6 Å². The summed E-state index contributed by atoms with van der Waals surface area (Å²) in [6, 6.07) is 12.4. The summed E-state index contributed by atoms with van der Waals surface area (Å²) in [5.74, 6) is 1.94. The minimum atomic E-state index is -0.997. The first-order chi connectivity index (χ1) is 15.0. The lowest BCUT2D eigenvalue weighted by molar-refractivity contribution is 0.139. The van der Waals surface area contributed by atoms with E-state index in [2.05, 4.69) is 10.2 Å². The number of nitrogens with zero attached hydrogens (tertiary/aromatic N) is 4. The van der Waals surface area contributed by atoms with Crippen molar-refractivity contribution in [2.75, 3.05) is 0 Å². The van der Waals surface area contributed by atoms with E-state index in [0.717, 1.165) is 42.8 Å². The quantitative estimate of drug-likeness (QED) is 0.571. The van der Waals surface area contributed by atoms with Crippen molar-refractivity contribution < 1.29 is 14.3 Å². The third-order valence-corrected chi connectivity index (χ3v) is 6.67. The molecular formula is C23H22ClFN4O2. The molecule has 1 N–H and O–H groups in total. The Morgan fingerprint density at radius 1 is 1.00 bits per heavy atom. The van der Waals surface area contributed by atoms with E-state index in [1.165, 1.54) is 22.6 Å². The van der Waals surface area contributed by atoms with Gasteiger partial charge in [-0.2, -0.15) is 0 Å². The minimum Gasteiger partial charge on any atom is -0.465 e. The Bertz CT molecular complexity index is 1120. The van der Waals surface area contributed by atoms with Gasteiger partial charge in [0.25, 0.3) is 0 Å². The van der Waals surface area contributed by atoms with Gasteiger partial charge in [0, 0.05) is 10.9 Å². The number of amides is 1. The van der Waals surface area contributed by atoms with Crippen molar-refractivity contribution in [3.8, 4) is 5.69 Å². The largest absolute Gasteiger partial charge is 0.465 e. The van der Waals surface area contributed by atoms with Crippen LogP contribution in [0.15, 0.2) is 42.5 Å². The molecule has 0 saturated heterocycles. The van der Waals surface area contributed by atoms with E-state index in [4.69, 9.17) is 11.6 Å². The summed E-state index contributed by atoms with van der Waals surface area (Å²) in [7, 11) is 0. The van der Waals surface area contributed by atoms with Gasteiger partial charge in [0.05, 0.1) is 18.8 Å². The molecule has 5 rings (SSSR count). The summed E-state index contributed by atoms with van der Waals surface area (Å²) in [6.07, 6.45) is 2.89. The predicted molar refractivity (Wildman–Crippen MR) is 114 cm³/mol. The summed E-state index contributed by atoms with van der Waals surface area (Å²) in [4.78, 5) is 13.1. The van der Waals surface area contributed by atoms with Crippen molar-refractivity contribution in [3.05, 3.63) is 76.1 Å². The van der Waals surface area contributed by atoms with E-state index in [-0.39, 0.29) is 24.8 Å². The van der Waals surface area contributed by atoms with Gasteiger partial charge in [-0.1, -0.05) is 23.7 Å². The summed E-state index contributed by atoms with van der Waals surface area (Å²) in [5, 5.41) is 19.0. The van der Waals surface area contributed by atoms with Gasteiger partial charge in [0.2, 0.25) is 0 Å². The molecule has 2 aliphatic rings. The highest BCUT2D eigenvalue weighted by Crippen LogP contribution is 2.41. The molecule has 3 aromatic rings. The molecule has 1 aliphatic heterocycles. The van der Waals surface area contributed by atoms with Gasteiger partial charge in [-0.25, -0.2) is 9.18 Å². The lowest BCUT2D eigenvalue weighted by Crippen LogP contribution is -2.27. The predicted octanol–water partition coefficient (Wildman–Crippen LogP) is 5.49. The summed E-state index contributed by atoms with van der Waals surface area (Å²) >= 11 is 6.20. The van der Waals surface area contributed by atoms with Gasteiger partial charge in [-0.15, -0.1) is 10.2 Å². The molecule has 8 heteroatoms. The highest BCUT2D eigenvalue weighted by Gasteiger charge is 2.31. The third-order valence-electron chi connectivity index (χ3n) is 6.44. The molecule has 6 nitrogen and oxygen atoms in total. The number of hydrogen-bond donors (Lipinski definition) is 1. The molecule has 1 fully saturated rings. The van der Waals surface area contributed by atoms with Crippen molar-refractivity contribution in [1.82, 2.24) is 19.7 Å². The van der Waals surface area contributed by atoms with Crippen molar-refractivity contribution in [2.24, 2.45) is 0 Å². The van der Waals surface area contributed by atoms with Gasteiger partial charge in [-0.3, -0.25) is 9.47 Å². The smallest absolute Gasteiger partial charge is 0.408 e. The van der Waals surface area contributed by atoms with Crippen LogP contribution in [0.3, 0.4) is 0 Å². The fourth-order valence-corrected chi connectivity index (χ4v) is 5.04. The fourth-order valence-electron chi connectivity index (χ4n) is 4.85. The molecule has 160 valence electrons. The zero-order valence-corrected chi connectivity index (χ0v) is 17.6. The summed E-state index contributed by atoms with van der Waals surface area (Å²) < 4.78 is 15.3. The van der Waals surface area contributed by atoms with Crippen LogP contribution in [0, 0.1) is 5.82 Å². The first kappa shape index (κ1) is 20.0. The molecule has 1 aliphatic carbocycles. The number of carbonyl (C=O) groups is 1. The molecule has 0 radical (unpaired) electrons. The second kappa shape index (κ2) is 7.96. The van der Waals surface area contributed by atoms with E-state index in [0.29, 0.717) is 16.8 Å². The van der Waals surface area contributed by atoms with Crippen LogP contribution in [0.2, 0.25) is 5.02 Å². The van der Waals surface area contributed by atoms with Gasteiger partial charge in [0.15, 0.2) is 5.82 Å². The minimum absolute atomic E-state index is 0.180. The number of aromatic nitrogens is 3. The Morgan fingerprint density at radius 3 is 2.42 bits per heavy atom. The number of benzene rings is 2. The van der Waals surface area contributed by atoms with Crippen molar-refractivity contribution >= 4 is 17.7 Å². The number of fused-ring (bicyclic) bond motifs is 3. The average Bonchev–Trinajstić information content (AvgIpc) is 3.10. The fraction of sp³-hybridized carbons (Fsp3) is 0.348. The number of carboxylic acid groups (broad SMARTS) is 1. The van der Waals surface area contributed by atoms with Crippen LogP contribution in [0.25, 0.3) is 5.69 Å². The molecule has 1 amide bonds.